The van der Waals surface area contributed by atoms with Gasteiger partial charge in [-0.05, 0) is 42.7 Å². The summed E-state index contributed by atoms with van der Waals surface area (Å²) in [7, 11) is 0. The van der Waals surface area contributed by atoms with Crippen LogP contribution in [-0.4, -0.2) is 36.0 Å². The lowest BCUT2D eigenvalue weighted by Crippen LogP contribution is -2.30. The molecule has 0 aliphatic heterocycles. The van der Waals surface area contributed by atoms with Gasteiger partial charge in [-0.15, -0.1) is 0 Å². The molecule has 0 atom stereocenters. The lowest BCUT2D eigenvalue weighted by Gasteiger charge is -2.09. The number of ether oxygens (including phenoxy) is 1. The lowest BCUT2D eigenvalue weighted by molar-refractivity contribution is -0.137. The highest BCUT2D eigenvalue weighted by molar-refractivity contribution is 5.90. The van der Waals surface area contributed by atoms with Gasteiger partial charge in [0.25, 0.3) is 0 Å². The number of carboxylic acid groups (broad SMARTS) is 1. The van der Waals surface area contributed by atoms with Crippen molar-refractivity contribution in [2.45, 2.75) is 26.2 Å². The molecule has 3 N–H and O–H groups in total. The molecule has 0 radical (unpaired) electrons. The Morgan fingerprint density at radius 1 is 1.00 bits per heavy atom. The first-order valence-corrected chi connectivity index (χ1v) is 9.00. The summed E-state index contributed by atoms with van der Waals surface area (Å²) in [5.41, 5.74) is 2.43. The number of carbonyl (C=O) groups is 3. The Kier molecular flexibility index (Phi) is 8.02. The predicted molar refractivity (Wildman–Crippen MR) is 105 cm³/mol. The van der Waals surface area contributed by atoms with Gasteiger partial charge in [0.05, 0.1) is 13.0 Å². The van der Waals surface area contributed by atoms with Crippen LogP contribution in [0.5, 0.6) is 5.75 Å². The van der Waals surface area contributed by atoms with Crippen LogP contribution in [0.2, 0.25) is 0 Å². The average Bonchev–Trinajstić information content (AvgIpc) is 2.66. The summed E-state index contributed by atoms with van der Waals surface area (Å²) >= 11 is 0. The maximum atomic E-state index is 12.0. The molecule has 0 saturated heterocycles. The van der Waals surface area contributed by atoms with E-state index < -0.39 is 12.5 Å². The number of carboxylic acids is 1. The van der Waals surface area contributed by atoms with Crippen LogP contribution in [0.3, 0.4) is 0 Å². The molecule has 0 aliphatic rings. The number of nitrogens with one attached hydrogen (secondary N) is 2. The molecule has 0 heterocycles. The molecule has 2 amide bonds. The Morgan fingerprint density at radius 2 is 1.71 bits per heavy atom. The van der Waals surface area contributed by atoms with Crippen molar-refractivity contribution < 1.29 is 24.2 Å². The molecule has 0 aliphatic carbocycles. The fourth-order valence-corrected chi connectivity index (χ4v) is 2.48. The van der Waals surface area contributed by atoms with Crippen molar-refractivity contribution in [3.8, 4) is 5.75 Å². The van der Waals surface area contributed by atoms with Crippen LogP contribution < -0.4 is 15.4 Å². The highest BCUT2D eigenvalue weighted by Gasteiger charge is 2.07. The topological polar surface area (TPSA) is 105 Å². The second-order valence-corrected chi connectivity index (χ2v) is 6.31. The Hall–Kier alpha value is -3.35. The van der Waals surface area contributed by atoms with E-state index in [9.17, 15) is 14.4 Å². The van der Waals surface area contributed by atoms with Crippen LogP contribution in [0.4, 0.5) is 5.69 Å². The predicted octanol–water partition coefficient (Wildman–Crippen LogP) is 2.54. The fourth-order valence-electron chi connectivity index (χ4n) is 2.48. The summed E-state index contributed by atoms with van der Waals surface area (Å²) in [5, 5.41) is 13.6. The summed E-state index contributed by atoms with van der Waals surface area (Å²) in [5.74, 6) is -0.741. The minimum atomic E-state index is -1.09. The van der Waals surface area contributed by atoms with Gasteiger partial charge in [0.15, 0.2) is 0 Å². The van der Waals surface area contributed by atoms with Crippen LogP contribution in [0.25, 0.3) is 0 Å². The number of anilines is 1. The third kappa shape index (κ3) is 7.49. The smallest absolute Gasteiger partial charge is 0.322 e. The van der Waals surface area contributed by atoms with Gasteiger partial charge in [-0.25, -0.2) is 0 Å². The summed E-state index contributed by atoms with van der Waals surface area (Å²) in [4.78, 5) is 34.0. The van der Waals surface area contributed by atoms with E-state index >= 15 is 0 Å². The zero-order chi connectivity index (χ0) is 20.4. The SMILES string of the molecule is Cc1ccccc1OCCCC(=O)Nc1ccc(CC(=O)NCC(=O)O)cc1. The van der Waals surface area contributed by atoms with Gasteiger partial charge in [-0.2, -0.15) is 0 Å². The number of aliphatic carboxylic acids is 1. The number of aryl methyl sites for hydroxylation is 1. The second-order valence-electron chi connectivity index (χ2n) is 6.31. The van der Waals surface area contributed by atoms with E-state index in [0.29, 0.717) is 25.1 Å². The van der Waals surface area contributed by atoms with Crippen LogP contribution in [0.1, 0.15) is 24.0 Å². The third-order valence-corrected chi connectivity index (χ3v) is 3.94. The van der Waals surface area contributed by atoms with Crippen molar-refractivity contribution in [1.82, 2.24) is 5.32 Å². The minimum Gasteiger partial charge on any atom is -0.493 e. The van der Waals surface area contributed by atoms with Crippen molar-refractivity contribution in [2.75, 3.05) is 18.5 Å². The molecule has 28 heavy (non-hydrogen) atoms. The Labute approximate surface area is 163 Å². The summed E-state index contributed by atoms with van der Waals surface area (Å²) < 4.78 is 5.67. The van der Waals surface area contributed by atoms with Crippen molar-refractivity contribution in [3.05, 3.63) is 59.7 Å². The first-order valence-electron chi connectivity index (χ1n) is 9.00. The quantitative estimate of drug-likeness (QED) is 0.546. The largest absolute Gasteiger partial charge is 0.493 e. The fraction of sp³-hybridized carbons (Fsp3) is 0.286. The number of benzene rings is 2. The van der Waals surface area contributed by atoms with Crippen LogP contribution in [0.15, 0.2) is 48.5 Å². The van der Waals surface area contributed by atoms with Crippen LogP contribution in [0, 0.1) is 6.92 Å². The molecule has 0 aromatic heterocycles. The normalized spacial score (nSPS) is 10.2. The van der Waals surface area contributed by atoms with Gasteiger partial charge >= 0.3 is 5.97 Å². The van der Waals surface area contributed by atoms with Gasteiger partial charge in [0.2, 0.25) is 11.8 Å². The second kappa shape index (κ2) is 10.7. The van der Waals surface area contributed by atoms with Gasteiger partial charge in [-0.3, -0.25) is 14.4 Å². The van der Waals surface area contributed by atoms with E-state index in [0.717, 1.165) is 16.9 Å². The first-order chi connectivity index (χ1) is 13.4. The van der Waals surface area contributed by atoms with E-state index in [2.05, 4.69) is 10.6 Å². The van der Waals surface area contributed by atoms with Gasteiger partial charge in [0.1, 0.15) is 12.3 Å². The molecular weight excluding hydrogens is 360 g/mol. The highest BCUT2D eigenvalue weighted by Crippen LogP contribution is 2.16. The summed E-state index contributed by atoms with van der Waals surface area (Å²) in [6, 6.07) is 14.6. The zero-order valence-electron chi connectivity index (χ0n) is 15.7. The average molecular weight is 384 g/mol. The van der Waals surface area contributed by atoms with E-state index in [1.165, 1.54) is 0 Å². The molecule has 0 bridgehead atoms. The Bertz CT molecular complexity index is 818. The van der Waals surface area contributed by atoms with Crippen LogP contribution in [-0.2, 0) is 20.8 Å². The molecule has 0 unspecified atom stereocenters. The summed E-state index contributed by atoms with van der Waals surface area (Å²) in [6.07, 6.45) is 1.02. The van der Waals surface area contributed by atoms with Crippen molar-refractivity contribution in [2.24, 2.45) is 0 Å². The lowest BCUT2D eigenvalue weighted by atomic mass is 10.1. The van der Waals surface area contributed by atoms with Gasteiger partial charge in [-0.1, -0.05) is 30.3 Å². The van der Waals surface area contributed by atoms with E-state index in [4.69, 9.17) is 9.84 Å². The Morgan fingerprint density at radius 3 is 2.39 bits per heavy atom. The first kappa shape index (κ1) is 21.0. The highest BCUT2D eigenvalue weighted by atomic mass is 16.5. The third-order valence-electron chi connectivity index (χ3n) is 3.94. The van der Waals surface area contributed by atoms with E-state index in [1.54, 1.807) is 24.3 Å². The number of rotatable bonds is 10. The number of amides is 2. The molecule has 2 aromatic rings. The van der Waals surface area contributed by atoms with Gasteiger partial charge < -0.3 is 20.5 Å². The minimum absolute atomic E-state index is 0.0811. The maximum Gasteiger partial charge on any atom is 0.322 e. The van der Waals surface area contributed by atoms with Crippen molar-refractivity contribution in [3.63, 3.8) is 0 Å². The summed E-state index contributed by atoms with van der Waals surface area (Å²) in [6.45, 7) is 2.03. The monoisotopic (exact) mass is 384 g/mol. The van der Waals surface area contributed by atoms with Crippen molar-refractivity contribution in [1.29, 1.82) is 0 Å². The van der Waals surface area contributed by atoms with Gasteiger partial charge in [0, 0.05) is 12.1 Å². The molecule has 148 valence electrons. The standard InChI is InChI=1S/C21H24N2O5/c1-15-5-2-3-6-18(15)28-12-4-7-19(24)23-17-10-8-16(9-11-17)13-20(25)22-14-21(26)27/h2-3,5-6,8-11H,4,7,12-14H2,1H3,(H,22,25)(H,23,24)(H,26,27). The van der Waals surface area contributed by atoms with Crippen molar-refractivity contribution >= 4 is 23.5 Å². The van der Waals surface area contributed by atoms with E-state index in [1.807, 2.05) is 31.2 Å². The molecule has 2 rings (SSSR count). The number of para-hydroxylation sites is 1. The molecule has 7 heteroatoms. The molecule has 0 fully saturated rings. The number of carbonyl (C=O) groups excluding carboxylic acids is 2. The molecular formula is C21H24N2O5. The number of hydrogen-bond donors (Lipinski definition) is 3. The Balaban J connectivity index is 1.69. The number of hydrogen-bond acceptors (Lipinski definition) is 4. The maximum absolute atomic E-state index is 12.0. The molecule has 2 aromatic carbocycles. The van der Waals surface area contributed by atoms with E-state index in [-0.39, 0.29) is 18.2 Å². The van der Waals surface area contributed by atoms with Crippen LogP contribution >= 0.6 is 0 Å². The molecule has 7 nitrogen and oxygen atoms in total. The molecule has 0 saturated carbocycles. The zero-order valence-corrected chi connectivity index (χ0v) is 15.7. The molecule has 0 spiro atoms.